The van der Waals surface area contributed by atoms with Crippen molar-refractivity contribution in [2.24, 2.45) is 5.73 Å². The van der Waals surface area contributed by atoms with Crippen molar-refractivity contribution in [3.05, 3.63) is 29.8 Å². The van der Waals surface area contributed by atoms with E-state index in [0.717, 1.165) is 11.3 Å². The highest BCUT2D eigenvalue weighted by molar-refractivity contribution is 5.67. The average molecular weight is 223 g/mol. The molecular weight excluding hydrogens is 206 g/mol. The van der Waals surface area contributed by atoms with Crippen LogP contribution in [-0.2, 0) is 11.2 Å². The Hall–Kier alpha value is -1.55. The number of hydrogen-bond donors (Lipinski definition) is 2. The maximum Gasteiger partial charge on any atom is 0.304 e. The summed E-state index contributed by atoms with van der Waals surface area (Å²) in [7, 11) is 0. The monoisotopic (exact) mass is 223 g/mol. The number of aliphatic carboxylic acids is 1. The second-order valence-electron chi connectivity index (χ2n) is 3.60. The van der Waals surface area contributed by atoms with Gasteiger partial charge in [-0.2, -0.15) is 0 Å². The fraction of sp³-hybridized carbons (Fsp3) is 0.417. The fourth-order valence-corrected chi connectivity index (χ4v) is 1.55. The molecule has 1 atom stereocenters. The predicted molar refractivity (Wildman–Crippen MR) is 61.5 cm³/mol. The summed E-state index contributed by atoms with van der Waals surface area (Å²) in [5, 5.41) is 8.62. The number of benzene rings is 1. The first-order valence-corrected chi connectivity index (χ1v) is 5.31. The van der Waals surface area contributed by atoms with Crippen LogP contribution in [0, 0.1) is 0 Å². The van der Waals surface area contributed by atoms with E-state index in [2.05, 4.69) is 0 Å². The molecule has 0 saturated carbocycles. The van der Waals surface area contributed by atoms with E-state index in [4.69, 9.17) is 15.6 Å². The first-order chi connectivity index (χ1) is 7.63. The molecule has 88 valence electrons. The molecule has 4 heteroatoms. The summed E-state index contributed by atoms with van der Waals surface area (Å²) in [6, 6.07) is 7.18. The minimum absolute atomic E-state index is 0.0273. The summed E-state index contributed by atoms with van der Waals surface area (Å²) in [5.41, 5.74) is 6.69. The van der Waals surface area contributed by atoms with Gasteiger partial charge in [-0.25, -0.2) is 0 Å². The molecule has 0 spiro atoms. The van der Waals surface area contributed by atoms with Gasteiger partial charge in [0.25, 0.3) is 0 Å². The molecular formula is C12H17NO3. The highest BCUT2D eigenvalue weighted by Gasteiger charge is 2.11. The highest BCUT2D eigenvalue weighted by atomic mass is 16.5. The van der Waals surface area contributed by atoms with Crippen LogP contribution in [0.2, 0.25) is 0 Å². The van der Waals surface area contributed by atoms with Gasteiger partial charge in [-0.15, -0.1) is 0 Å². The Balaban J connectivity index is 2.68. The van der Waals surface area contributed by atoms with E-state index in [1.807, 2.05) is 31.2 Å². The topological polar surface area (TPSA) is 72.5 Å². The van der Waals surface area contributed by atoms with Gasteiger partial charge in [0.1, 0.15) is 5.75 Å². The van der Waals surface area contributed by atoms with Gasteiger partial charge in [0.05, 0.1) is 13.0 Å². The third-order valence-electron chi connectivity index (χ3n) is 2.19. The van der Waals surface area contributed by atoms with Crippen molar-refractivity contribution in [2.75, 3.05) is 6.61 Å². The SMILES string of the molecule is CCOc1ccccc1C[C@H](N)CC(=O)O. The molecule has 0 fully saturated rings. The number of hydrogen-bond acceptors (Lipinski definition) is 3. The van der Waals surface area contributed by atoms with Gasteiger partial charge in [0, 0.05) is 6.04 Å². The number of carbonyl (C=O) groups is 1. The van der Waals surface area contributed by atoms with Crippen LogP contribution >= 0.6 is 0 Å². The first kappa shape index (κ1) is 12.5. The third kappa shape index (κ3) is 3.90. The molecule has 0 bridgehead atoms. The summed E-state index contributed by atoms with van der Waals surface area (Å²) in [6.45, 7) is 2.50. The molecule has 0 aliphatic heterocycles. The third-order valence-corrected chi connectivity index (χ3v) is 2.19. The lowest BCUT2D eigenvalue weighted by atomic mass is 10.0. The van der Waals surface area contributed by atoms with E-state index < -0.39 is 5.97 Å². The predicted octanol–water partition coefficient (Wildman–Crippen LogP) is 1.43. The zero-order chi connectivity index (χ0) is 12.0. The van der Waals surface area contributed by atoms with Crippen molar-refractivity contribution in [3.63, 3.8) is 0 Å². The Labute approximate surface area is 95.0 Å². The smallest absolute Gasteiger partial charge is 0.304 e. The average Bonchev–Trinajstić information content (AvgIpc) is 2.20. The number of carboxylic acids is 1. The van der Waals surface area contributed by atoms with Gasteiger partial charge < -0.3 is 15.6 Å². The summed E-state index contributed by atoms with van der Waals surface area (Å²) in [4.78, 5) is 10.5. The molecule has 0 radical (unpaired) electrons. The Morgan fingerprint density at radius 2 is 2.19 bits per heavy atom. The largest absolute Gasteiger partial charge is 0.494 e. The molecule has 16 heavy (non-hydrogen) atoms. The lowest BCUT2D eigenvalue weighted by Crippen LogP contribution is -2.26. The molecule has 0 aliphatic carbocycles. The second kappa shape index (κ2) is 6.12. The number of ether oxygens (including phenoxy) is 1. The molecule has 0 aliphatic rings. The summed E-state index contributed by atoms with van der Waals surface area (Å²) in [6.07, 6.45) is 0.489. The van der Waals surface area contributed by atoms with E-state index in [9.17, 15) is 4.79 Å². The standard InChI is InChI=1S/C12H17NO3/c1-2-16-11-6-4-3-5-9(11)7-10(13)8-12(14)15/h3-6,10H,2,7-8,13H2,1H3,(H,14,15)/t10-/m0/s1. The van der Waals surface area contributed by atoms with Crippen LogP contribution in [0.15, 0.2) is 24.3 Å². The van der Waals surface area contributed by atoms with Gasteiger partial charge >= 0.3 is 5.97 Å². The molecule has 0 saturated heterocycles. The Morgan fingerprint density at radius 3 is 2.81 bits per heavy atom. The van der Waals surface area contributed by atoms with Gasteiger partial charge in [0.2, 0.25) is 0 Å². The molecule has 4 nitrogen and oxygen atoms in total. The number of rotatable bonds is 6. The number of nitrogens with two attached hydrogens (primary N) is 1. The van der Waals surface area contributed by atoms with Crippen molar-refractivity contribution in [3.8, 4) is 5.75 Å². The number of para-hydroxylation sites is 1. The Kier molecular flexibility index (Phi) is 4.79. The second-order valence-corrected chi connectivity index (χ2v) is 3.60. The molecule has 1 aromatic rings. The summed E-state index contributed by atoms with van der Waals surface area (Å²) >= 11 is 0. The van der Waals surface area contributed by atoms with Crippen LogP contribution in [0.1, 0.15) is 18.9 Å². The molecule has 0 aromatic heterocycles. The van der Waals surface area contributed by atoms with Crippen molar-refractivity contribution in [1.29, 1.82) is 0 Å². The lowest BCUT2D eigenvalue weighted by Gasteiger charge is -2.13. The normalized spacial score (nSPS) is 12.1. The molecule has 0 heterocycles. The quantitative estimate of drug-likeness (QED) is 0.765. The van der Waals surface area contributed by atoms with E-state index in [1.54, 1.807) is 0 Å². The van der Waals surface area contributed by atoms with E-state index in [0.29, 0.717) is 13.0 Å². The van der Waals surface area contributed by atoms with Crippen LogP contribution < -0.4 is 10.5 Å². The minimum atomic E-state index is -0.874. The lowest BCUT2D eigenvalue weighted by molar-refractivity contribution is -0.137. The van der Waals surface area contributed by atoms with Gasteiger partial charge in [-0.1, -0.05) is 18.2 Å². The van der Waals surface area contributed by atoms with Crippen molar-refractivity contribution < 1.29 is 14.6 Å². The van der Waals surface area contributed by atoms with E-state index in [1.165, 1.54) is 0 Å². The van der Waals surface area contributed by atoms with Crippen molar-refractivity contribution >= 4 is 5.97 Å². The van der Waals surface area contributed by atoms with Crippen molar-refractivity contribution in [2.45, 2.75) is 25.8 Å². The Morgan fingerprint density at radius 1 is 1.50 bits per heavy atom. The zero-order valence-corrected chi connectivity index (χ0v) is 9.35. The van der Waals surface area contributed by atoms with Crippen molar-refractivity contribution in [1.82, 2.24) is 0 Å². The Bertz CT molecular complexity index is 352. The number of carboxylic acid groups (broad SMARTS) is 1. The molecule has 1 aromatic carbocycles. The minimum Gasteiger partial charge on any atom is -0.494 e. The maximum atomic E-state index is 10.5. The molecule has 0 amide bonds. The van der Waals surface area contributed by atoms with Gasteiger partial charge in [-0.3, -0.25) is 4.79 Å². The van der Waals surface area contributed by atoms with Crippen LogP contribution in [0.25, 0.3) is 0 Å². The van der Waals surface area contributed by atoms with Gasteiger partial charge in [0.15, 0.2) is 0 Å². The van der Waals surface area contributed by atoms with Crippen LogP contribution in [-0.4, -0.2) is 23.7 Å². The van der Waals surface area contributed by atoms with Crippen LogP contribution in [0.3, 0.4) is 0 Å². The maximum absolute atomic E-state index is 10.5. The molecule has 1 rings (SSSR count). The van der Waals surface area contributed by atoms with Crippen LogP contribution in [0.5, 0.6) is 5.75 Å². The fourth-order valence-electron chi connectivity index (χ4n) is 1.55. The van der Waals surface area contributed by atoms with Gasteiger partial charge in [-0.05, 0) is 25.0 Å². The van der Waals surface area contributed by atoms with Crippen LogP contribution in [0.4, 0.5) is 0 Å². The zero-order valence-electron chi connectivity index (χ0n) is 9.35. The van der Waals surface area contributed by atoms with E-state index >= 15 is 0 Å². The molecule has 3 N–H and O–H groups in total. The van der Waals surface area contributed by atoms with E-state index in [-0.39, 0.29) is 12.5 Å². The molecule has 0 unspecified atom stereocenters. The summed E-state index contributed by atoms with van der Waals surface area (Å²) < 4.78 is 5.44. The first-order valence-electron chi connectivity index (χ1n) is 5.31. The summed E-state index contributed by atoms with van der Waals surface area (Å²) in [5.74, 6) is -0.0905. The highest BCUT2D eigenvalue weighted by Crippen LogP contribution is 2.19.